The fraction of sp³-hybridized carbons (Fsp3) is 0.250. The zero-order valence-electron chi connectivity index (χ0n) is 6.03. The molecule has 3 heteroatoms. The van der Waals surface area contributed by atoms with Crippen LogP contribution in [0.2, 0.25) is 0 Å². The molecule has 1 aromatic carbocycles. The second-order valence-electron chi connectivity index (χ2n) is 2.20. The molecule has 11 heavy (non-hydrogen) atoms. The van der Waals surface area contributed by atoms with Gasteiger partial charge in [-0.05, 0) is 5.56 Å². The average molecular weight is 196 g/mol. The number of nitrogens with two attached hydrogens (primary N) is 1. The van der Waals surface area contributed by atoms with Crippen molar-refractivity contribution in [3.8, 4) is 0 Å². The van der Waals surface area contributed by atoms with Gasteiger partial charge < -0.3 is 10.8 Å². The van der Waals surface area contributed by atoms with Gasteiger partial charge in [-0.15, -0.1) is 0 Å². The standard InChI is InChI=1S/C8H11NO.Co/c9-8(6-10)7-4-2-1-3-5-7;/h1-5,8,10H,6,9H2;/t8-;/m0./s1. The third-order valence-corrected chi connectivity index (χ3v) is 1.42. The van der Waals surface area contributed by atoms with Gasteiger partial charge in [-0.2, -0.15) is 0 Å². The average Bonchev–Trinajstić information content (AvgIpc) is 2.05. The van der Waals surface area contributed by atoms with Gasteiger partial charge in [0.25, 0.3) is 0 Å². The Labute approximate surface area is 76.6 Å². The molecule has 1 atom stereocenters. The number of aliphatic hydroxyl groups excluding tert-OH is 1. The van der Waals surface area contributed by atoms with Gasteiger partial charge in [-0.1, -0.05) is 30.3 Å². The van der Waals surface area contributed by atoms with Crippen molar-refractivity contribution >= 4 is 0 Å². The van der Waals surface area contributed by atoms with Crippen LogP contribution in [0.15, 0.2) is 30.3 Å². The van der Waals surface area contributed by atoms with Crippen molar-refractivity contribution in [1.82, 2.24) is 0 Å². The Balaban J connectivity index is 0.000001000. The summed E-state index contributed by atoms with van der Waals surface area (Å²) in [6.45, 7) is 0.00398. The molecule has 0 unspecified atom stereocenters. The second-order valence-corrected chi connectivity index (χ2v) is 2.20. The van der Waals surface area contributed by atoms with E-state index in [9.17, 15) is 0 Å². The molecule has 0 saturated carbocycles. The topological polar surface area (TPSA) is 46.2 Å². The fourth-order valence-corrected chi connectivity index (χ4v) is 0.806. The molecule has 2 nitrogen and oxygen atoms in total. The van der Waals surface area contributed by atoms with E-state index in [1.807, 2.05) is 30.3 Å². The van der Waals surface area contributed by atoms with E-state index in [0.717, 1.165) is 5.56 Å². The van der Waals surface area contributed by atoms with Crippen molar-refractivity contribution in [2.24, 2.45) is 5.73 Å². The Kier molecular flexibility index (Phi) is 5.15. The van der Waals surface area contributed by atoms with Gasteiger partial charge in [0.1, 0.15) is 0 Å². The summed E-state index contributed by atoms with van der Waals surface area (Å²) in [5, 5.41) is 8.66. The van der Waals surface area contributed by atoms with Crippen LogP contribution < -0.4 is 5.73 Å². The number of hydrogen-bond acceptors (Lipinski definition) is 2. The van der Waals surface area contributed by atoms with E-state index in [0.29, 0.717) is 0 Å². The molecule has 0 aliphatic carbocycles. The first-order valence-corrected chi connectivity index (χ1v) is 3.26. The molecule has 0 bridgehead atoms. The van der Waals surface area contributed by atoms with Crippen LogP contribution in [0.4, 0.5) is 0 Å². The summed E-state index contributed by atoms with van der Waals surface area (Å²) in [5.74, 6) is 0. The number of aliphatic hydroxyl groups is 1. The Bertz CT molecular complexity index is 191. The van der Waals surface area contributed by atoms with Crippen LogP contribution in [0.25, 0.3) is 0 Å². The minimum absolute atomic E-state index is 0. The Hall–Kier alpha value is -0.354. The predicted octanol–water partition coefficient (Wildman–Crippen LogP) is 0.676. The van der Waals surface area contributed by atoms with Crippen molar-refractivity contribution in [3.05, 3.63) is 35.9 Å². The molecule has 1 aromatic rings. The molecule has 0 saturated heterocycles. The van der Waals surface area contributed by atoms with Crippen LogP contribution >= 0.6 is 0 Å². The van der Waals surface area contributed by atoms with Crippen molar-refractivity contribution in [2.45, 2.75) is 6.04 Å². The monoisotopic (exact) mass is 196 g/mol. The number of benzene rings is 1. The summed E-state index contributed by atoms with van der Waals surface area (Å²) in [4.78, 5) is 0. The summed E-state index contributed by atoms with van der Waals surface area (Å²) in [6, 6.07) is 9.31. The molecular formula is C8H11CoNO. The molecule has 1 rings (SSSR count). The van der Waals surface area contributed by atoms with Crippen molar-refractivity contribution in [2.75, 3.05) is 6.61 Å². The summed E-state index contributed by atoms with van der Waals surface area (Å²) in [5.41, 5.74) is 6.52. The zero-order chi connectivity index (χ0) is 7.40. The first kappa shape index (κ1) is 10.6. The van der Waals surface area contributed by atoms with E-state index < -0.39 is 0 Å². The van der Waals surface area contributed by atoms with Gasteiger partial charge in [0.15, 0.2) is 0 Å². The maximum absolute atomic E-state index is 8.66. The molecule has 0 fully saturated rings. The normalized spacial score (nSPS) is 11.8. The molecular weight excluding hydrogens is 185 g/mol. The Morgan fingerprint density at radius 2 is 1.82 bits per heavy atom. The third kappa shape index (κ3) is 3.03. The molecule has 0 spiro atoms. The minimum atomic E-state index is -0.235. The van der Waals surface area contributed by atoms with Crippen LogP contribution in [0.1, 0.15) is 11.6 Å². The smallest absolute Gasteiger partial charge is 0.0624 e. The minimum Gasteiger partial charge on any atom is -0.394 e. The van der Waals surface area contributed by atoms with E-state index in [4.69, 9.17) is 10.8 Å². The van der Waals surface area contributed by atoms with Crippen LogP contribution in [0.5, 0.6) is 0 Å². The summed E-state index contributed by atoms with van der Waals surface area (Å²) in [7, 11) is 0. The van der Waals surface area contributed by atoms with Gasteiger partial charge in [-0.3, -0.25) is 0 Å². The first-order chi connectivity index (χ1) is 4.84. The van der Waals surface area contributed by atoms with E-state index in [1.165, 1.54) is 0 Å². The molecule has 0 amide bonds. The van der Waals surface area contributed by atoms with Crippen molar-refractivity contribution in [1.29, 1.82) is 0 Å². The number of hydrogen-bond donors (Lipinski definition) is 2. The largest absolute Gasteiger partial charge is 0.394 e. The van der Waals surface area contributed by atoms with E-state index in [2.05, 4.69) is 0 Å². The van der Waals surface area contributed by atoms with Gasteiger partial charge in [0, 0.05) is 16.8 Å². The van der Waals surface area contributed by atoms with Crippen LogP contribution in [-0.2, 0) is 16.8 Å². The van der Waals surface area contributed by atoms with Crippen LogP contribution in [0, 0.1) is 0 Å². The quantitative estimate of drug-likeness (QED) is 0.730. The molecule has 1 radical (unpaired) electrons. The van der Waals surface area contributed by atoms with E-state index in [1.54, 1.807) is 0 Å². The van der Waals surface area contributed by atoms with Crippen molar-refractivity contribution in [3.63, 3.8) is 0 Å². The molecule has 0 aliphatic heterocycles. The second kappa shape index (κ2) is 5.32. The maximum Gasteiger partial charge on any atom is 0.0624 e. The zero-order valence-corrected chi connectivity index (χ0v) is 7.07. The molecule has 0 aromatic heterocycles. The number of rotatable bonds is 2. The van der Waals surface area contributed by atoms with E-state index in [-0.39, 0.29) is 29.4 Å². The SMILES string of the molecule is N[C@@H](CO)c1ccccc1.[Co]. The van der Waals surface area contributed by atoms with Crippen molar-refractivity contribution < 1.29 is 21.9 Å². The first-order valence-electron chi connectivity index (χ1n) is 3.26. The molecule has 63 valence electrons. The predicted molar refractivity (Wildman–Crippen MR) is 40.5 cm³/mol. The summed E-state index contributed by atoms with van der Waals surface area (Å²) in [6.07, 6.45) is 0. The Morgan fingerprint density at radius 3 is 2.27 bits per heavy atom. The summed E-state index contributed by atoms with van der Waals surface area (Å²) < 4.78 is 0. The summed E-state index contributed by atoms with van der Waals surface area (Å²) >= 11 is 0. The fourth-order valence-electron chi connectivity index (χ4n) is 0.806. The van der Waals surface area contributed by atoms with Gasteiger partial charge in [-0.25, -0.2) is 0 Å². The maximum atomic E-state index is 8.66. The van der Waals surface area contributed by atoms with E-state index >= 15 is 0 Å². The molecule has 0 heterocycles. The van der Waals surface area contributed by atoms with Crippen LogP contribution in [0.3, 0.4) is 0 Å². The van der Waals surface area contributed by atoms with Crippen LogP contribution in [-0.4, -0.2) is 11.7 Å². The van der Waals surface area contributed by atoms with Gasteiger partial charge in [0.2, 0.25) is 0 Å². The molecule has 3 N–H and O–H groups in total. The molecule has 0 aliphatic rings. The van der Waals surface area contributed by atoms with Gasteiger partial charge >= 0.3 is 0 Å². The Morgan fingerprint density at radius 1 is 1.27 bits per heavy atom. The van der Waals surface area contributed by atoms with Gasteiger partial charge in [0.05, 0.1) is 12.6 Å². The third-order valence-electron chi connectivity index (χ3n) is 1.42.